The maximum absolute atomic E-state index is 10.2. The smallest absolute Gasteiger partial charge is 0.386 e. The van der Waals surface area contributed by atoms with Crippen LogP contribution in [0.25, 0.3) is 0 Å². The molecule has 0 bridgehead atoms. The molecule has 0 aliphatic carbocycles. The van der Waals surface area contributed by atoms with Crippen LogP contribution in [0, 0.1) is 0 Å². The third kappa shape index (κ3) is 2.47. The molecular formula is C8H9O3S. The largest absolute Gasteiger partial charge is 0.497 e. The van der Waals surface area contributed by atoms with E-state index in [0.29, 0.717) is 5.75 Å². The van der Waals surface area contributed by atoms with Crippen LogP contribution in [-0.4, -0.2) is 13.1 Å². The average Bonchev–Trinajstić information content (AvgIpc) is 2.05. The molecule has 0 unspecified atom stereocenters. The minimum Gasteiger partial charge on any atom is -0.497 e. The Kier molecular flexibility index (Phi) is 4.21. The van der Waals surface area contributed by atoms with E-state index in [4.69, 9.17) is 4.74 Å². The molecule has 65 valence electrons. The van der Waals surface area contributed by atoms with Gasteiger partial charge in [-0.1, -0.05) is 0 Å². The van der Waals surface area contributed by atoms with Gasteiger partial charge in [-0.05, 0) is 24.3 Å². The second kappa shape index (κ2) is 4.66. The summed E-state index contributed by atoms with van der Waals surface area (Å²) in [6.45, 7) is 0. The first kappa shape index (κ1) is 10.8. The Labute approximate surface area is 77.4 Å². The molecule has 0 atom stereocenters. The number of hydrogen-bond acceptors (Lipinski definition) is 2. The first-order valence-corrected chi connectivity index (χ1v) is 3.09. The van der Waals surface area contributed by atoms with E-state index in [1.165, 1.54) is 19.2 Å². The van der Waals surface area contributed by atoms with Gasteiger partial charge in [0.15, 0.2) is 0 Å². The molecule has 0 saturated heterocycles. The minimum atomic E-state index is -1.17. The molecule has 3 nitrogen and oxygen atoms in total. The Balaban J connectivity index is 0.00000121. The van der Waals surface area contributed by atoms with Crippen LogP contribution < -0.4 is 4.74 Å². The van der Waals surface area contributed by atoms with Gasteiger partial charge in [-0.15, -0.1) is 0 Å². The van der Waals surface area contributed by atoms with Crippen molar-refractivity contribution in [1.82, 2.24) is 0 Å². The first-order chi connectivity index (χ1) is 5.24. The lowest BCUT2D eigenvalue weighted by Crippen LogP contribution is -1.93. The number of methoxy groups -OCH3 is 1. The van der Waals surface area contributed by atoms with Crippen molar-refractivity contribution < 1.29 is 14.6 Å². The predicted octanol–water partition coefficient (Wildman–Crippen LogP) is 1.38. The monoisotopic (exact) mass is 185 g/mol. The van der Waals surface area contributed by atoms with Crippen molar-refractivity contribution >= 4 is 19.5 Å². The number of carbonyl (C=O) groups is 1. The number of ether oxygens (including phenoxy) is 1. The number of hydrogen-bond donors (Lipinski definition) is 0. The van der Waals surface area contributed by atoms with E-state index in [9.17, 15) is 9.90 Å². The Morgan fingerprint density at radius 1 is 1.25 bits per heavy atom. The molecule has 0 saturated carbocycles. The minimum absolute atomic E-state index is 0. The average molecular weight is 185 g/mol. The standard InChI is InChI=1S/C8H7O3.H2S/c1-11-7-4-2-6(3-5-7)8(9)10;/h2-5H,1H3;1H2. The van der Waals surface area contributed by atoms with E-state index in [2.05, 4.69) is 0 Å². The molecule has 0 N–H and O–H groups in total. The second-order valence-electron chi connectivity index (χ2n) is 2.02. The maximum Gasteiger partial charge on any atom is 0.386 e. The molecule has 1 radical (unpaired) electrons. The quantitative estimate of drug-likeness (QED) is 0.698. The molecule has 4 heteroatoms. The summed E-state index contributed by atoms with van der Waals surface area (Å²) in [5.41, 5.74) is 0.158. The second-order valence-corrected chi connectivity index (χ2v) is 2.02. The summed E-state index contributed by atoms with van der Waals surface area (Å²) in [4.78, 5) is 10.2. The molecule has 0 spiro atoms. The zero-order valence-electron chi connectivity index (χ0n) is 6.53. The van der Waals surface area contributed by atoms with Crippen molar-refractivity contribution in [2.45, 2.75) is 0 Å². The maximum atomic E-state index is 10.2. The summed E-state index contributed by atoms with van der Waals surface area (Å²) < 4.78 is 4.84. The third-order valence-electron chi connectivity index (χ3n) is 1.33. The van der Waals surface area contributed by atoms with Gasteiger partial charge < -0.3 is 4.74 Å². The van der Waals surface area contributed by atoms with E-state index in [1.807, 2.05) is 0 Å². The zero-order valence-corrected chi connectivity index (χ0v) is 7.53. The van der Waals surface area contributed by atoms with Gasteiger partial charge in [0.2, 0.25) is 0 Å². The van der Waals surface area contributed by atoms with E-state index in [-0.39, 0.29) is 19.1 Å². The Morgan fingerprint density at radius 3 is 2.08 bits per heavy atom. The SMILES string of the molecule is COc1ccc(C([O])=O)cc1.S. The van der Waals surface area contributed by atoms with Gasteiger partial charge in [-0.2, -0.15) is 13.5 Å². The zero-order chi connectivity index (χ0) is 8.27. The normalized spacial score (nSPS) is 8.42. The van der Waals surface area contributed by atoms with Crippen LogP contribution in [0.15, 0.2) is 24.3 Å². The lowest BCUT2D eigenvalue weighted by Gasteiger charge is -1.97. The topological polar surface area (TPSA) is 46.2 Å². The van der Waals surface area contributed by atoms with E-state index in [1.54, 1.807) is 12.1 Å². The van der Waals surface area contributed by atoms with Crippen molar-refractivity contribution in [3.63, 3.8) is 0 Å². The molecule has 1 rings (SSSR count). The van der Waals surface area contributed by atoms with Crippen molar-refractivity contribution in [3.05, 3.63) is 29.8 Å². The van der Waals surface area contributed by atoms with Crippen LogP contribution in [0.5, 0.6) is 5.75 Å². The molecule has 0 fully saturated rings. The fraction of sp³-hybridized carbons (Fsp3) is 0.125. The molecule has 1 aromatic carbocycles. The summed E-state index contributed by atoms with van der Waals surface area (Å²) >= 11 is 0. The summed E-state index contributed by atoms with van der Waals surface area (Å²) in [6, 6.07) is 6.03. The highest BCUT2D eigenvalue weighted by Gasteiger charge is 2.02. The molecule has 0 amide bonds. The molecule has 1 aromatic rings. The van der Waals surface area contributed by atoms with Gasteiger partial charge in [0.25, 0.3) is 0 Å². The predicted molar refractivity (Wildman–Crippen MR) is 48.4 cm³/mol. The highest BCUT2D eigenvalue weighted by Crippen LogP contribution is 2.10. The van der Waals surface area contributed by atoms with Crippen LogP contribution >= 0.6 is 13.5 Å². The van der Waals surface area contributed by atoms with E-state index < -0.39 is 5.97 Å². The van der Waals surface area contributed by atoms with Crippen molar-refractivity contribution in [2.75, 3.05) is 7.11 Å². The van der Waals surface area contributed by atoms with Crippen molar-refractivity contribution in [1.29, 1.82) is 0 Å². The van der Waals surface area contributed by atoms with Gasteiger partial charge in [0, 0.05) is 0 Å². The van der Waals surface area contributed by atoms with Crippen LogP contribution in [0.3, 0.4) is 0 Å². The van der Waals surface area contributed by atoms with Gasteiger partial charge in [-0.3, -0.25) is 0 Å². The van der Waals surface area contributed by atoms with Gasteiger partial charge in [-0.25, -0.2) is 9.90 Å². The highest BCUT2D eigenvalue weighted by atomic mass is 32.1. The van der Waals surface area contributed by atoms with Crippen molar-refractivity contribution in [2.24, 2.45) is 0 Å². The Hall–Kier alpha value is -1.16. The van der Waals surface area contributed by atoms with Crippen LogP contribution in [0.4, 0.5) is 0 Å². The molecule has 0 aliphatic rings. The lowest BCUT2D eigenvalue weighted by atomic mass is 10.2. The summed E-state index contributed by atoms with van der Waals surface area (Å²) in [6.07, 6.45) is 0. The van der Waals surface area contributed by atoms with Crippen LogP contribution in [-0.2, 0) is 5.11 Å². The van der Waals surface area contributed by atoms with Gasteiger partial charge >= 0.3 is 5.97 Å². The van der Waals surface area contributed by atoms with Gasteiger partial charge in [0.05, 0.1) is 12.7 Å². The molecule has 0 aromatic heterocycles. The molecule has 12 heavy (non-hydrogen) atoms. The van der Waals surface area contributed by atoms with Crippen LogP contribution in [0.2, 0.25) is 0 Å². The Bertz CT molecular complexity index is 256. The van der Waals surface area contributed by atoms with E-state index >= 15 is 0 Å². The van der Waals surface area contributed by atoms with Crippen molar-refractivity contribution in [3.8, 4) is 5.75 Å². The number of rotatable bonds is 2. The fourth-order valence-corrected chi connectivity index (χ4v) is 0.727. The lowest BCUT2D eigenvalue weighted by molar-refractivity contribution is 0.0573. The summed E-state index contributed by atoms with van der Waals surface area (Å²) in [5, 5.41) is 10.2. The summed E-state index contributed by atoms with van der Waals surface area (Å²) in [7, 11) is 1.52. The van der Waals surface area contributed by atoms with E-state index in [0.717, 1.165) is 0 Å². The highest BCUT2D eigenvalue weighted by molar-refractivity contribution is 7.59. The Morgan fingerprint density at radius 2 is 1.75 bits per heavy atom. The molecule has 0 aliphatic heterocycles. The number of benzene rings is 1. The third-order valence-corrected chi connectivity index (χ3v) is 1.33. The molecule has 0 heterocycles. The number of carbonyl (C=O) groups excluding carboxylic acids is 1. The summed E-state index contributed by atoms with van der Waals surface area (Å²) in [5.74, 6) is -0.539. The fourth-order valence-electron chi connectivity index (χ4n) is 0.727. The molecular weight excluding hydrogens is 176 g/mol. The van der Waals surface area contributed by atoms with Gasteiger partial charge in [0.1, 0.15) is 5.75 Å². The van der Waals surface area contributed by atoms with Crippen LogP contribution in [0.1, 0.15) is 10.4 Å². The first-order valence-electron chi connectivity index (χ1n) is 3.09.